The molecule has 2 rings (SSSR count). The summed E-state index contributed by atoms with van der Waals surface area (Å²) in [7, 11) is 0. The number of ether oxygens (including phenoxy) is 1. The number of hydrogen-bond donors (Lipinski definition) is 1. The van der Waals surface area contributed by atoms with Crippen LogP contribution in [0.3, 0.4) is 0 Å². The number of rotatable bonds is 2. The van der Waals surface area contributed by atoms with E-state index in [0.29, 0.717) is 17.4 Å². The summed E-state index contributed by atoms with van der Waals surface area (Å²) in [4.78, 5) is 16.1. The van der Waals surface area contributed by atoms with Gasteiger partial charge in [-0.3, -0.25) is 4.79 Å². The second kappa shape index (κ2) is 4.63. The van der Waals surface area contributed by atoms with Crippen LogP contribution >= 0.6 is 11.6 Å². The summed E-state index contributed by atoms with van der Waals surface area (Å²) in [5.41, 5.74) is 0.739. The fraction of sp³-hybridized carbons (Fsp3) is 0.500. The molecule has 92 valence electrons. The number of nitrogens with zero attached hydrogens (tertiary/aromatic N) is 1. The van der Waals surface area contributed by atoms with Gasteiger partial charge in [0.05, 0.1) is 5.69 Å². The SMILES string of the molecule is Cc1cnc(Cl)c(NC(=O)C2(C)CCCO2)c1. The van der Waals surface area contributed by atoms with Crippen molar-refractivity contribution >= 4 is 23.2 Å². The van der Waals surface area contributed by atoms with Gasteiger partial charge in [-0.2, -0.15) is 0 Å². The monoisotopic (exact) mass is 254 g/mol. The molecule has 1 atom stereocenters. The number of nitrogens with one attached hydrogen (secondary N) is 1. The van der Waals surface area contributed by atoms with E-state index >= 15 is 0 Å². The molecule has 0 spiro atoms. The van der Waals surface area contributed by atoms with Gasteiger partial charge in [0.1, 0.15) is 5.60 Å². The van der Waals surface area contributed by atoms with Crippen molar-refractivity contribution in [2.24, 2.45) is 0 Å². The Labute approximate surface area is 105 Å². The number of aromatic nitrogens is 1. The maximum atomic E-state index is 12.1. The molecule has 17 heavy (non-hydrogen) atoms. The van der Waals surface area contributed by atoms with E-state index in [1.54, 1.807) is 19.2 Å². The van der Waals surface area contributed by atoms with Crippen molar-refractivity contribution in [2.75, 3.05) is 11.9 Å². The van der Waals surface area contributed by atoms with Gasteiger partial charge >= 0.3 is 0 Å². The van der Waals surface area contributed by atoms with Crippen LogP contribution in [0.2, 0.25) is 5.15 Å². The molecule has 1 aliphatic rings. The molecule has 1 saturated heterocycles. The minimum atomic E-state index is -0.743. The van der Waals surface area contributed by atoms with E-state index < -0.39 is 5.60 Å². The highest BCUT2D eigenvalue weighted by Crippen LogP contribution is 2.28. The molecular formula is C12H15ClN2O2. The number of pyridine rings is 1. The second-order valence-electron chi connectivity index (χ2n) is 4.49. The molecule has 0 saturated carbocycles. The molecular weight excluding hydrogens is 240 g/mol. The van der Waals surface area contributed by atoms with E-state index in [-0.39, 0.29) is 5.91 Å². The number of carbonyl (C=O) groups excluding carboxylic acids is 1. The Balaban J connectivity index is 2.15. The highest BCUT2D eigenvalue weighted by Gasteiger charge is 2.37. The number of carbonyl (C=O) groups is 1. The molecule has 1 unspecified atom stereocenters. The van der Waals surface area contributed by atoms with Crippen LogP contribution in [-0.2, 0) is 9.53 Å². The number of hydrogen-bond acceptors (Lipinski definition) is 3. The van der Waals surface area contributed by atoms with Gasteiger partial charge in [-0.25, -0.2) is 4.98 Å². The summed E-state index contributed by atoms with van der Waals surface area (Å²) in [5.74, 6) is -0.163. The summed E-state index contributed by atoms with van der Waals surface area (Å²) in [6.07, 6.45) is 3.30. The van der Waals surface area contributed by atoms with Crippen molar-refractivity contribution in [1.82, 2.24) is 4.98 Å². The highest BCUT2D eigenvalue weighted by molar-refractivity contribution is 6.32. The van der Waals surface area contributed by atoms with Crippen molar-refractivity contribution in [3.05, 3.63) is 23.0 Å². The fourth-order valence-corrected chi connectivity index (χ4v) is 2.00. The summed E-state index contributed by atoms with van der Waals surface area (Å²) in [6.45, 7) is 4.32. The molecule has 1 aromatic rings. The van der Waals surface area contributed by atoms with Crippen molar-refractivity contribution < 1.29 is 9.53 Å². The van der Waals surface area contributed by atoms with Gasteiger partial charge in [-0.15, -0.1) is 0 Å². The van der Waals surface area contributed by atoms with Crippen molar-refractivity contribution in [3.8, 4) is 0 Å². The molecule has 2 heterocycles. The van der Waals surface area contributed by atoms with Crippen LogP contribution in [0.25, 0.3) is 0 Å². The first-order chi connectivity index (χ1) is 8.01. The van der Waals surface area contributed by atoms with Crippen LogP contribution in [0, 0.1) is 6.92 Å². The molecule has 4 nitrogen and oxygen atoms in total. The first-order valence-corrected chi connectivity index (χ1v) is 5.97. The van der Waals surface area contributed by atoms with Crippen LogP contribution in [0.15, 0.2) is 12.3 Å². The average molecular weight is 255 g/mol. The number of halogens is 1. The Bertz CT molecular complexity index is 442. The maximum Gasteiger partial charge on any atom is 0.256 e. The van der Waals surface area contributed by atoms with Crippen LogP contribution in [0.5, 0.6) is 0 Å². The predicted molar refractivity (Wildman–Crippen MR) is 66.2 cm³/mol. The quantitative estimate of drug-likeness (QED) is 0.826. The Morgan fingerprint density at radius 3 is 3.06 bits per heavy atom. The molecule has 5 heteroatoms. The van der Waals surface area contributed by atoms with Gasteiger partial charge in [0.15, 0.2) is 5.15 Å². The molecule has 1 N–H and O–H groups in total. The van der Waals surface area contributed by atoms with E-state index in [1.165, 1.54) is 0 Å². The number of amides is 1. The van der Waals surface area contributed by atoms with Crippen LogP contribution in [0.4, 0.5) is 5.69 Å². The Hall–Kier alpha value is -1.13. The zero-order chi connectivity index (χ0) is 12.5. The average Bonchev–Trinajstić information content (AvgIpc) is 2.72. The zero-order valence-corrected chi connectivity index (χ0v) is 10.7. The van der Waals surface area contributed by atoms with Gasteiger partial charge in [0.2, 0.25) is 0 Å². The first kappa shape index (κ1) is 12.3. The van der Waals surface area contributed by atoms with Gasteiger partial charge in [0, 0.05) is 12.8 Å². The highest BCUT2D eigenvalue weighted by atomic mass is 35.5. The maximum absolute atomic E-state index is 12.1. The number of anilines is 1. The Morgan fingerprint density at radius 1 is 1.65 bits per heavy atom. The van der Waals surface area contributed by atoms with E-state index in [4.69, 9.17) is 16.3 Å². The topological polar surface area (TPSA) is 51.2 Å². The normalized spacial score (nSPS) is 23.7. The summed E-state index contributed by atoms with van der Waals surface area (Å²) >= 11 is 5.93. The van der Waals surface area contributed by atoms with E-state index in [9.17, 15) is 4.79 Å². The van der Waals surface area contributed by atoms with Gasteiger partial charge in [-0.05, 0) is 38.3 Å². The van der Waals surface area contributed by atoms with Gasteiger partial charge in [-0.1, -0.05) is 11.6 Å². The van der Waals surface area contributed by atoms with Crippen LogP contribution in [0.1, 0.15) is 25.3 Å². The molecule has 0 aliphatic carbocycles. The third-order valence-electron chi connectivity index (χ3n) is 2.92. The molecule has 1 aromatic heterocycles. The van der Waals surface area contributed by atoms with E-state index in [1.807, 2.05) is 6.92 Å². The number of aryl methyl sites for hydroxylation is 1. The standard InChI is InChI=1S/C12H15ClN2O2/c1-8-6-9(10(13)14-7-8)15-11(16)12(2)4-3-5-17-12/h6-7H,3-5H2,1-2H3,(H,15,16). The van der Waals surface area contributed by atoms with Gasteiger partial charge in [0.25, 0.3) is 5.91 Å². The predicted octanol–water partition coefficient (Wildman–Crippen LogP) is 2.55. The minimum absolute atomic E-state index is 0.163. The summed E-state index contributed by atoms with van der Waals surface area (Å²) in [6, 6.07) is 1.80. The fourth-order valence-electron chi connectivity index (χ4n) is 1.85. The van der Waals surface area contributed by atoms with Crippen LogP contribution in [-0.4, -0.2) is 23.1 Å². The van der Waals surface area contributed by atoms with Crippen molar-refractivity contribution in [1.29, 1.82) is 0 Å². The van der Waals surface area contributed by atoms with E-state index in [2.05, 4.69) is 10.3 Å². The van der Waals surface area contributed by atoms with Gasteiger partial charge < -0.3 is 10.1 Å². The van der Waals surface area contributed by atoms with Crippen molar-refractivity contribution in [2.45, 2.75) is 32.3 Å². The lowest BCUT2D eigenvalue weighted by molar-refractivity contribution is -0.133. The lowest BCUT2D eigenvalue weighted by Crippen LogP contribution is -2.39. The molecule has 1 amide bonds. The molecule has 1 aliphatic heterocycles. The first-order valence-electron chi connectivity index (χ1n) is 5.59. The summed E-state index contributed by atoms with van der Waals surface area (Å²) in [5, 5.41) is 3.07. The van der Waals surface area contributed by atoms with Crippen LogP contribution < -0.4 is 5.32 Å². The van der Waals surface area contributed by atoms with Crippen molar-refractivity contribution in [3.63, 3.8) is 0 Å². The Morgan fingerprint density at radius 2 is 2.41 bits per heavy atom. The molecule has 0 bridgehead atoms. The smallest absolute Gasteiger partial charge is 0.256 e. The third kappa shape index (κ3) is 2.58. The Kier molecular flexibility index (Phi) is 3.35. The minimum Gasteiger partial charge on any atom is -0.365 e. The lowest BCUT2D eigenvalue weighted by Gasteiger charge is -2.22. The third-order valence-corrected chi connectivity index (χ3v) is 3.22. The molecule has 0 radical (unpaired) electrons. The van der Waals surface area contributed by atoms with E-state index in [0.717, 1.165) is 18.4 Å². The lowest BCUT2D eigenvalue weighted by atomic mass is 10.0. The largest absolute Gasteiger partial charge is 0.365 e. The molecule has 1 fully saturated rings. The molecule has 0 aromatic carbocycles. The summed E-state index contributed by atoms with van der Waals surface area (Å²) < 4.78 is 5.47. The second-order valence-corrected chi connectivity index (χ2v) is 4.85. The zero-order valence-electron chi connectivity index (χ0n) is 9.92.